The topological polar surface area (TPSA) is 75.3 Å². The van der Waals surface area contributed by atoms with Gasteiger partial charge in [-0.05, 0) is 38.5 Å². The molecule has 13 heavy (non-hydrogen) atoms. The number of amides is 1. The summed E-state index contributed by atoms with van der Waals surface area (Å²) < 4.78 is 0. The monoisotopic (exact) mass is 186 g/mol. The molecule has 0 spiro atoms. The Bertz CT molecular complexity index is 174. The van der Waals surface area contributed by atoms with E-state index in [1.807, 2.05) is 6.92 Å². The Labute approximate surface area is 78.5 Å². The van der Waals surface area contributed by atoms with E-state index in [4.69, 9.17) is 10.8 Å². The molecule has 1 rings (SSSR count). The number of nitrogens with one attached hydrogen (secondary N) is 1. The maximum absolute atomic E-state index is 10.3. The van der Waals surface area contributed by atoms with Crippen LogP contribution >= 0.6 is 0 Å². The van der Waals surface area contributed by atoms with Crippen molar-refractivity contribution in [1.82, 2.24) is 5.32 Å². The molecule has 1 saturated carbocycles. The molecular formula is C9H18N2O2. The maximum Gasteiger partial charge on any atom is 0.404 e. The molecule has 4 nitrogen and oxygen atoms in total. The molecule has 4 heteroatoms. The fraction of sp³-hybridized carbons (Fsp3) is 0.889. The van der Waals surface area contributed by atoms with Gasteiger partial charge in [-0.15, -0.1) is 0 Å². The van der Waals surface area contributed by atoms with E-state index in [0.29, 0.717) is 5.92 Å². The molecule has 1 fully saturated rings. The van der Waals surface area contributed by atoms with Crippen LogP contribution in [0, 0.1) is 5.92 Å². The second-order valence-corrected chi connectivity index (χ2v) is 3.92. The van der Waals surface area contributed by atoms with Crippen LogP contribution in [0.5, 0.6) is 0 Å². The van der Waals surface area contributed by atoms with Crippen molar-refractivity contribution < 1.29 is 9.90 Å². The van der Waals surface area contributed by atoms with Crippen molar-refractivity contribution in [2.45, 2.75) is 44.7 Å². The highest BCUT2D eigenvalue weighted by Crippen LogP contribution is 2.25. The van der Waals surface area contributed by atoms with Crippen LogP contribution in [0.15, 0.2) is 0 Å². The highest BCUT2D eigenvalue weighted by molar-refractivity contribution is 5.64. The predicted octanol–water partition coefficient (Wildman–Crippen LogP) is 1.16. The number of carbonyl (C=O) groups is 1. The van der Waals surface area contributed by atoms with Crippen molar-refractivity contribution in [2.24, 2.45) is 11.7 Å². The van der Waals surface area contributed by atoms with Gasteiger partial charge in [-0.1, -0.05) is 0 Å². The summed E-state index contributed by atoms with van der Waals surface area (Å²) in [6.07, 6.45) is 3.03. The molecule has 0 radical (unpaired) electrons. The third-order valence-corrected chi connectivity index (χ3v) is 2.84. The lowest BCUT2D eigenvalue weighted by molar-refractivity contribution is 0.180. The molecule has 0 saturated heterocycles. The molecule has 0 bridgehead atoms. The van der Waals surface area contributed by atoms with Crippen LogP contribution < -0.4 is 11.1 Å². The van der Waals surface area contributed by atoms with E-state index in [9.17, 15) is 4.79 Å². The Balaban J connectivity index is 2.26. The Morgan fingerprint density at radius 3 is 2.38 bits per heavy atom. The van der Waals surface area contributed by atoms with Crippen molar-refractivity contribution in [2.75, 3.05) is 0 Å². The van der Waals surface area contributed by atoms with Gasteiger partial charge in [0.1, 0.15) is 0 Å². The fourth-order valence-corrected chi connectivity index (χ4v) is 1.96. The summed E-state index contributed by atoms with van der Waals surface area (Å²) >= 11 is 0. The molecule has 1 atom stereocenters. The van der Waals surface area contributed by atoms with Gasteiger partial charge in [-0.3, -0.25) is 0 Å². The summed E-state index contributed by atoms with van der Waals surface area (Å²) in [5.41, 5.74) is 5.78. The lowest BCUT2D eigenvalue weighted by atomic mass is 9.82. The Morgan fingerprint density at radius 2 is 2.00 bits per heavy atom. The molecule has 1 aliphatic rings. The largest absolute Gasteiger partial charge is 0.465 e. The van der Waals surface area contributed by atoms with Crippen molar-refractivity contribution in [1.29, 1.82) is 0 Å². The molecule has 1 unspecified atom stereocenters. The molecule has 4 N–H and O–H groups in total. The minimum atomic E-state index is -0.913. The first-order chi connectivity index (χ1) is 6.09. The van der Waals surface area contributed by atoms with Crippen LogP contribution in [0.3, 0.4) is 0 Å². The van der Waals surface area contributed by atoms with E-state index in [-0.39, 0.29) is 12.1 Å². The minimum absolute atomic E-state index is 0.146. The molecule has 0 heterocycles. The van der Waals surface area contributed by atoms with Gasteiger partial charge >= 0.3 is 6.09 Å². The van der Waals surface area contributed by atoms with E-state index < -0.39 is 6.09 Å². The van der Waals surface area contributed by atoms with Crippen molar-refractivity contribution in [3.63, 3.8) is 0 Å². The van der Waals surface area contributed by atoms with E-state index in [0.717, 1.165) is 25.7 Å². The highest BCUT2D eigenvalue weighted by atomic mass is 16.4. The SMILES string of the molecule is CC(N)[C@H]1CC[C@H](NC(=O)O)CC1. The molecular weight excluding hydrogens is 168 g/mol. The van der Waals surface area contributed by atoms with Crippen LogP contribution in [0.4, 0.5) is 4.79 Å². The Morgan fingerprint density at radius 1 is 1.46 bits per heavy atom. The molecule has 1 amide bonds. The average Bonchev–Trinajstić information content (AvgIpc) is 2.04. The second kappa shape index (κ2) is 4.46. The fourth-order valence-electron chi connectivity index (χ4n) is 1.96. The highest BCUT2D eigenvalue weighted by Gasteiger charge is 2.24. The van der Waals surface area contributed by atoms with Crippen molar-refractivity contribution in [3.05, 3.63) is 0 Å². The maximum atomic E-state index is 10.3. The molecule has 0 aliphatic heterocycles. The van der Waals surface area contributed by atoms with Crippen LogP contribution in [0.25, 0.3) is 0 Å². The van der Waals surface area contributed by atoms with Gasteiger partial charge in [0.15, 0.2) is 0 Å². The van der Waals surface area contributed by atoms with Gasteiger partial charge in [0.05, 0.1) is 0 Å². The van der Waals surface area contributed by atoms with Gasteiger partial charge < -0.3 is 16.2 Å². The second-order valence-electron chi connectivity index (χ2n) is 3.92. The molecule has 0 aromatic rings. The van der Waals surface area contributed by atoms with E-state index in [2.05, 4.69) is 5.32 Å². The number of hydrogen-bond acceptors (Lipinski definition) is 2. The lowest BCUT2D eigenvalue weighted by Gasteiger charge is -2.30. The van der Waals surface area contributed by atoms with Gasteiger partial charge in [0.25, 0.3) is 0 Å². The van der Waals surface area contributed by atoms with E-state index in [1.165, 1.54) is 0 Å². The molecule has 0 aromatic heterocycles. The van der Waals surface area contributed by atoms with Crippen LogP contribution in [0.1, 0.15) is 32.6 Å². The standard InChI is InChI=1S/C9H18N2O2/c1-6(10)7-2-4-8(5-3-7)11-9(12)13/h6-8,11H,2-5,10H2,1H3,(H,12,13)/t6?,7-,8-. The van der Waals surface area contributed by atoms with E-state index >= 15 is 0 Å². The molecule has 1 aliphatic carbocycles. The normalized spacial score (nSPS) is 30.9. The van der Waals surface area contributed by atoms with Gasteiger partial charge in [-0.2, -0.15) is 0 Å². The Kier molecular flexibility index (Phi) is 3.54. The average molecular weight is 186 g/mol. The first-order valence-electron chi connectivity index (χ1n) is 4.84. The summed E-state index contributed by atoms with van der Waals surface area (Å²) in [6, 6.07) is 0.387. The first kappa shape index (κ1) is 10.3. The summed E-state index contributed by atoms with van der Waals surface area (Å²) in [5.74, 6) is 0.576. The smallest absolute Gasteiger partial charge is 0.404 e. The van der Waals surface area contributed by atoms with Crippen LogP contribution in [-0.4, -0.2) is 23.3 Å². The zero-order chi connectivity index (χ0) is 9.84. The van der Waals surface area contributed by atoms with Crippen LogP contribution in [-0.2, 0) is 0 Å². The third kappa shape index (κ3) is 3.22. The summed E-state index contributed by atoms with van der Waals surface area (Å²) in [7, 11) is 0. The van der Waals surface area contributed by atoms with E-state index in [1.54, 1.807) is 0 Å². The van der Waals surface area contributed by atoms with Gasteiger partial charge in [0.2, 0.25) is 0 Å². The number of rotatable bonds is 2. The van der Waals surface area contributed by atoms with Gasteiger partial charge in [0, 0.05) is 12.1 Å². The predicted molar refractivity (Wildman–Crippen MR) is 50.6 cm³/mol. The first-order valence-corrected chi connectivity index (χ1v) is 4.84. The Hall–Kier alpha value is -0.770. The van der Waals surface area contributed by atoms with Crippen molar-refractivity contribution in [3.8, 4) is 0 Å². The van der Waals surface area contributed by atoms with Crippen molar-refractivity contribution >= 4 is 6.09 Å². The molecule has 76 valence electrons. The quantitative estimate of drug-likeness (QED) is 0.605. The summed E-state index contributed by atoms with van der Waals surface area (Å²) in [4.78, 5) is 10.3. The van der Waals surface area contributed by atoms with Crippen LogP contribution in [0.2, 0.25) is 0 Å². The number of nitrogens with two attached hydrogens (primary N) is 1. The van der Waals surface area contributed by atoms with Gasteiger partial charge in [-0.25, -0.2) is 4.79 Å². The zero-order valence-corrected chi connectivity index (χ0v) is 7.99. The number of carboxylic acid groups (broad SMARTS) is 1. The minimum Gasteiger partial charge on any atom is -0.465 e. The molecule has 0 aromatic carbocycles. The zero-order valence-electron chi connectivity index (χ0n) is 7.99. The third-order valence-electron chi connectivity index (χ3n) is 2.84. The lowest BCUT2D eigenvalue weighted by Crippen LogP contribution is -2.39. The number of hydrogen-bond donors (Lipinski definition) is 3. The summed E-state index contributed by atoms with van der Waals surface area (Å²) in [6.45, 7) is 2.02. The summed E-state index contributed by atoms with van der Waals surface area (Å²) in [5, 5.41) is 11.0.